The van der Waals surface area contributed by atoms with Gasteiger partial charge >= 0.3 is 6.09 Å². The zero-order valence-corrected chi connectivity index (χ0v) is 10.5. The molecule has 98 valence electrons. The number of hydrogen-bond acceptors (Lipinski definition) is 4. The van der Waals surface area contributed by atoms with E-state index in [4.69, 9.17) is 10.5 Å². The number of aliphatic hydroxyl groups is 1. The smallest absolute Gasteiger partial charge is 0.410 e. The van der Waals surface area contributed by atoms with Gasteiger partial charge in [0, 0.05) is 13.1 Å². The normalized spacial score (nSPS) is 25.5. The highest BCUT2D eigenvalue weighted by atomic mass is 16.6. The highest BCUT2D eigenvalue weighted by Crippen LogP contribution is 2.19. The van der Waals surface area contributed by atoms with Crippen molar-refractivity contribution >= 4 is 12.0 Å². The molecule has 0 aromatic rings. The van der Waals surface area contributed by atoms with Gasteiger partial charge < -0.3 is 20.5 Å². The number of aliphatic hydroxyl groups excluding tert-OH is 1. The monoisotopic (exact) mass is 244 g/mol. The molecule has 0 saturated carbocycles. The number of likely N-dealkylation sites (tertiary alicyclic amines) is 1. The van der Waals surface area contributed by atoms with E-state index >= 15 is 0 Å². The molecule has 0 unspecified atom stereocenters. The first-order chi connectivity index (χ1) is 7.69. The fourth-order valence-electron chi connectivity index (χ4n) is 1.75. The number of rotatable bonds is 1. The molecule has 1 aliphatic heterocycles. The second-order valence-corrected chi connectivity index (χ2v) is 5.37. The van der Waals surface area contributed by atoms with Gasteiger partial charge in [0.15, 0.2) is 0 Å². The molecule has 17 heavy (non-hydrogen) atoms. The number of ether oxygens (including phenoxy) is 1. The van der Waals surface area contributed by atoms with Crippen molar-refractivity contribution in [3.63, 3.8) is 0 Å². The van der Waals surface area contributed by atoms with Crippen LogP contribution in [0.3, 0.4) is 0 Å². The molecule has 1 aliphatic rings. The van der Waals surface area contributed by atoms with Crippen LogP contribution < -0.4 is 5.73 Å². The Kier molecular flexibility index (Phi) is 3.98. The molecule has 0 aromatic carbocycles. The summed E-state index contributed by atoms with van der Waals surface area (Å²) in [5, 5.41) is 9.59. The molecule has 2 amide bonds. The van der Waals surface area contributed by atoms with E-state index in [0.717, 1.165) is 0 Å². The van der Waals surface area contributed by atoms with Gasteiger partial charge in [-0.3, -0.25) is 4.79 Å². The predicted molar refractivity (Wildman–Crippen MR) is 61.1 cm³/mol. The summed E-state index contributed by atoms with van der Waals surface area (Å²) < 4.78 is 5.18. The average molecular weight is 244 g/mol. The minimum atomic E-state index is -0.728. The first-order valence-corrected chi connectivity index (χ1v) is 5.64. The number of carbonyl (C=O) groups excluding carboxylic acids is 2. The molecule has 1 heterocycles. The van der Waals surface area contributed by atoms with Gasteiger partial charge in [0.25, 0.3) is 0 Å². The van der Waals surface area contributed by atoms with Gasteiger partial charge in [-0.2, -0.15) is 0 Å². The first-order valence-electron chi connectivity index (χ1n) is 5.64. The summed E-state index contributed by atoms with van der Waals surface area (Å²) in [4.78, 5) is 24.2. The maximum Gasteiger partial charge on any atom is 0.410 e. The van der Waals surface area contributed by atoms with Crippen LogP contribution in [0.25, 0.3) is 0 Å². The number of amides is 2. The number of β-amino-alcohol motifs (C(OH)–C–C–N with tert-alkyl or cyclic N) is 1. The lowest BCUT2D eigenvalue weighted by atomic mass is 9.96. The molecular weight excluding hydrogens is 224 g/mol. The van der Waals surface area contributed by atoms with Crippen molar-refractivity contribution in [3.05, 3.63) is 0 Å². The Morgan fingerprint density at radius 1 is 1.35 bits per heavy atom. The fraction of sp³-hybridized carbons (Fsp3) is 0.818. The second kappa shape index (κ2) is 4.91. The second-order valence-electron chi connectivity index (χ2n) is 5.37. The molecule has 0 bridgehead atoms. The molecule has 6 nitrogen and oxygen atoms in total. The number of primary amides is 1. The van der Waals surface area contributed by atoms with Crippen molar-refractivity contribution in [2.24, 2.45) is 11.7 Å². The van der Waals surface area contributed by atoms with Crippen LogP contribution in [0.5, 0.6) is 0 Å². The third-order valence-electron chi connectivity index (χ3n) is 2.48. The van der Waals surface area contributed by atoms with Crippen molar-refractivity contribution in [1.29, 1.82) is 0 Å². The van der Waals surface area contributed by atoms with Crippen LogP contribution in [0.4, 0.5) is 4.79 Å². The molecule has 0 aromatic heterocycles. The number of nitrogens with zero attached hydrogens (tertiary/aromatic N) is 1. The van der Waals surface area contributed by atoms with Crippen LogP contribution in [-0.2, 0) is 9.53 Å². The van der Waals surface area contributed by atoms with Crippen LogP contribution in [0.2, 0.25) is 0 Å². The molecule has 1 fully saturated rings. The van der Waals surface area contributed by atoms with E-state index in [1.54, 1.807) is 20.8 Å². The van der Waals surface area contributed by atoms with Gasteiger partial charge in [-0.05, 0) is 27.2 Å². The summed E-state index contributed by atoms with van der Waals surface area (Å²) in [5.74, 6) is -1.01. The van der Waals surface area contributed by atoms with Gasteiger partial charge in [0.05, 0.1) is 12.0 Å². The molecule has 0 radical (unpaired) electrons. The van der Waals surface area contributed by atoms with E-state index in [2.05, 4.69) is 0 Å². The van der Waals surface area contributed by atoms with Crippen molar-refractivity contribution in [2.45, 2.75) is 38.9 Å². The lowest BCUT2D eigenvalue weighted by molar-refractivity contribution is -0.125. The Hall–Kier alpha value is -1.30. The molecule has 2 atom stereocenters. The summed E-state index contributed by atoms with van der Waals surface area (Å²) in [5.41, 5.74) is 4.59. The molecule has 0 aliphatic carbocycles. The molecule has 0 spiro atoms. The number of hydrogen-bond donors (Lipinski definition) is 2. The average Bonchev–Trinajstić information content (AvgIpc) is 2.13. The Labute approximate surface area is 101 Å². The van der Waals surface area contributed by atoms with Crippen molar-refractivity contribution in [2.75, 3.05) is 13.1 Å². The SMILES string of the molecule is CC(C)(C)OC(=O)N1C[C@H](O)C[C@H](C(N)=O)C1. The maximum absolute atomic E-state index is 11.8. The highest BCUT2D eigenvalue weighted by molar-refractivity contribution is 5.78. The highest BCUT2D eigenvalue weighted by Gasteiger charge is 2.33. The third-order valence-corrected chi connectivity index (χ3v) is 2.48. The lowest BCUT2D eigenvalue weighted by Gasteiger charge is -2.35. The van der Waals surface area contributed by atoms with Crippen LogP contribution in [0, 0.1) is 5.92 Å². The largest absolute Gasteiger partial charge is 0.444 e. The summed E-state index contributed by atoms with van der Waals surface area (Å²) in [6.07, 6.45) is -0.953. The summed E-state index contributed by atoms with van der Waals surface area (Å²) >= 11 is 0. The predicted octanol–water partition coefficient (Wildman–Crippen LogP) is 0.0896. The number of carbonyl (C=O) groups is 2. The van der Waals surface area contributed by atoms with Crippen LogP contribution in [0.1, 0.15) is 27.2 Å². The van der Waals surface area contributed by atoms with E-state index in [9.17, 15) is 14.7 Å². The van der Waals surface area contributed by atoms with E-state index < -0.39 is 29.6 Å². The molecule has 1 rings (SSSR count). The Morgan fingerprint density at radius 2 is 1.94 bits per heavy atom. The van der Waals surface area contributed by atoms with E-state index in [0.29, 0.717) is 6.42 Å². The summed E-state index contributed by atoms with van der Waals surface area (Å²) in [6.45, 7) is 5.67. The summed E-state index contributed by atoms with van der Waals surface area (Å²) in [7, 11) is 0. The van der Waals surface area contributed by atoms with Crippen LogP contribution >= 0.6 is 0 Å². The standard InChI is InChI=1S/C11H20N2O4/c1-11(2,3)17-10(16)13-5-7(9(12)15)4-8(14)6-13/h7-8,14H,4-6H2,1-3H3,(H2,12,15)/t7-,8+/m0/s1. The zero-order chi connectivity index (χ0) is 13.2. The van der Waals surface area contributed by atoms with Gasteiger partial charge in [0.2, 0.25) is 5.91 Å². The molecule has 3 N–H and O–H groups in total. The van der Waals surface area contributed by atoms with Crippen molar-refractivity contribution < 1.29 is 19.4 Å². The zero-order valence-electron chi connectivity index (χ0n) is 10.5. The maximum atomic E-state index is 11.8. The van der Waals surface area contributed by atoms with Gasteiger partial charge in [-0.25, -0.2) is 4.79 Å². The Balaban J connectivity index is 2.64. The quantitative estimate of drug-likeness (QED) is 0.683. The van der Waals surface area contributed by atoms with E-state index in [1.165, 1.54) is 4.90 Å². The fourth-order valence-corrected chi connectivity index (χ4v) is 1.75. The minimum Gasteiger partial charge on any atom is -0.444 e. The van der Waals surface area contributed by atoms with E-state index in [1.807, 2.05) is 0 Å². The van der Waals surface area contributed by atoms with Gasteiger partial charge in [0.1, 0.15) is 5.60 Å². The number of nitrogens with two attached hydrogens (primary N) is 1. The van der Waals surface area contributed by atoms with Gasteiger partial charge in [-0.15, -0.1) is 0 Å². The topological polar surface area (TPSA) is 92.9 Å². The van der Waals surface area contributed by atoms with Crippen LogP contribution in [0.15, 0.2) is 0 Å². The Morgan fingerprint density at radius 3 is 2.41 bits per heavy atom. The first kappa shape index (κ1) is 13.8. The summed E-state index contributed by atoms with van der Waals surface area (Å²) in [6, 6.07) is 0. The lowest BCUT2D eigenvalue weighted by Crippen LogP contribution is -2.50. The molecular formula is C11H20N2O4. The van der Waals surface area contributed by atoms with E-state index in [-0.39, 0.29) is 13.1 Å². The van der Waals surface area contributed by atoms with Gasteiger partial charge in [-0.1, -0.05) is 0 Å². The van der Waals surface area contributed by atoms with Crippen molar-refractivity contribution in [1.82, 2.24) is 4.90 Å². The minimum absolute atomic E-state index is 0.179. The third kappa shape index (κ3) is 4.22. The molecule has 6 heteroatoms. The van der Waals surface area contributed by atoms with Crippen molar-refractivity contribution in [3.8, 4) is 0 Å². The number of piperidine rings is 1. The van der Waals surface area contributed by atoms with Crippen LogP contribution in [-0.4, -0.2) is 46.8 Å². The Bertz CT molecular complexity index is 311. The molecule has 1 saturated heterocycles.